The van der Waals surface area contributed by atoms with Crippen LogP contribution in [0.25, 0.3) is 0 Å². The Hall–Kier alpha value is -2.44. The Morgan fingerprint density at radius 1 is 1.23 bits per heavy atom. The van der Waals surface area contributed by atoms with Gasteiger partial charge in [-0.1, -0.05) is 23.2 Å². The molecule has 158 valence electrons. The summed E-state index contributed by atoms with van der Waals surface area (Å²) in [4.78, 5) is 40.6. The standard InChI is InChI=1S/C22H23Cl2N3O3/c1-12-8-14(6-7-25-12)22(2,3)21(30)26-11-13-9-16(23)19(17(24)10-13)15-4-5-18(28)27-20(15)29/h6-10,15H,4-5,11H2,1-3H3,(H,26,30)(H,27,28,29). The monoisotopic (exact) mass is 447 g/mol. The average molecular weight is 448 g/mol. The molecule has 0 radical (unpaired) electrons. The van der Waals surface area contributed by atoms with Gasteiger partial charge >= 0.3 is 0 Å². The van der Waals surface area contributed by atoms with Crippen molar-refractivity contribution >= 4 is 40.9 Å². The number of imide groups is 1. The van der Waals surface area contributed by atoms with Gasteiger partial charge in [-0.25, -0.2) is 0 Å². The summed E-state index contributed by atoms with van der Waals surface area (Å²) in [5.41, 5.74) is 2.20. The van der Waals surface area contributed by atoms with Crippen LogP contribution in [0.2, 0.25) is 10.0 Å². The predicted molar refractivity (Wildman–Crippen MR) is 115 cm³/mol. The van der Waals surface area contributed by atoms with Crippen LogP contribution in [0.4, 0.5) is 0 Å². The number of pyridine rings is 1. The molecule has 0 spiro atoms. The van der Waals surface area contributed by atoms with E-state index in [9.17, 15) is 14.4 Å². The molecule has 0 saturated carbocycles. The number of halogens is 2. The minimum atomic E-state index is -0.742. The Balaban J connectivity index is 1.74. The summed E-state index contributed by atoms with van der Waals surface area (Å²) in [6.45, 7) is 5.82. The van der Waals surface area contributed by atoms with Crippen LogP contribution >= 0.6 is 23.2 Å². The number of hydrogen-bond donors (Lipinski definition) is 2. The molecule has 2 aromatic rings. The van der Waals surface area contributed by atoms with Gasteiger partial charge in [0.2, 0.25) is 17.7 Å². The van der Waals surface area contributed by atoms with E-state index in [0.717, 1.165) is 16.8 Å². The predicted octanol–water partition coefficient (Wildman–Crippen LogP) is 3.81. The highest BCUT2D eigenvalue weighted by Crippen LogP contribution is 2.37. The van der Waals surface area contributed by atoms with E-state index < -0.39 is 17.2 Å². The summed E-state index contributed by atoms with van der Waals surface area (Å²) in [5.74, 6) is -1.41. The number of benzene rings is 1. The molecular formula is C22H23Cl2N3O3. The second-order valence-corrected chi connectivity index (χ2v) is 8.78. The lowest BCUT2D eigenvalue weighted by Crippen LogP contribution is -2.40. The number of aryl methyl sites for hydroxylation is 1. The Bertz CT molecular complexity index is 997. The summed E-state index contributed by atoms with van der Waals surface area (Å²) in [6, 6.07) is 7.10. The molecule has 3 rings (SSSR count). The number of carbonyl (C=O) groups is 3. The molecule has 1 aromatic heterocycles. The molecule has 2 heterocycles. The summed E-state index contributed by atoms with van der Waals surface area (Å²) < 4.78 is 0. The van der Waals surface area contributed by atoms with Crippen molar-refractivity contribution in [1.29, 1.82) is 0 Å². The Morgan fingerprint density at radius 3 is 2.50 bits per heavy atom. The largest absolute Gasteiger partial charge is 0.351 e. The molecular weight excluding hydrogens is 425 g/mol. The number of amides is 3. The molecule has 2 N–H and O–H groups in total. The third-order valence-electron chi connectivity index (χ3n) is 5.37. The Kier molecular flexibility index (Phi) is 6.48. The molecule has 30 heavy (non-hydrogen) atoms. The van der Waals surface area contributed by atoms with E-state index in [1.165, 1.54) is 0 Å². The van der Waals surface area contributed by atoms with Crippen molar-refractivity contribution in [3.63, 3.8) is 0 Å². The Labute approximate surface area is 185 Å². The maximum atomic E-state index is 12.8. The molecule has 6 nitrogen and oxygen atoms in total. The number of aromatic nitrogens is 1. The number of hydrogen-bond acceptors (Lipinski definition) is 4. The van der Waals surface area contributed by atoms with Crippen molar-refractivity contribution in [2.24, 2.45) is 0 Å². The van der Waals surface area contributed by atoms with E-state index in [0.29, 0.717) is 22.0 Å². The lowest BCUT2D eigenvalue weighted by atomic mass is 9.84. The highest BCUT2D eigenvalue weighted by molar-refractivity contribution is 6.36. The van der Waals surface area contributed by atoms with Crippen LogP contribution in [-0.4, -0.2) is 22.7 Å². The first-order chi connectivity index (χ1) is 14.1. The summed E-state index contributed by atoms with van der Waals surface area (Å²) >= 11 is 12.8. The number of nitrogens with zero attached hydrogens (tertiary/aromatic N) is 1. The number of rotatable bonds is 5. The molecule has 1 atom stereocenters. The second kappa shape index (κ2) is 8.74. The molecule has 0 bridgehead atoms. The van der Waals surface area contributed by atoms with Gasteiger partial charge in [-0.05, 0) is 62.6 Å². The van der Waals surface area contributed by atoms with Gasteiger partial charge in [0.1, 0.15) is 0 Å². The highest BCUT2D eigenvalue weighted by Gasteiger charge is 2.32. The van der Waals surface area contributed by atoms with Crippen LogP contribution in [-0.2, 0) is 26.3 Å². The molecule has 1 unspecified atom stereocenters. The van der Waals surface area contributed by atoms with Crippen molar-refractivity contribution in [2.45, 2.75) is 51.5 Å². The molecule has 3 amide bonds. The van der Waals surface area contributed by atoms with Crippen molar-refractivity contribution in [3.8, 4) is 0 Å². The summed E-state index contributed by atoms with van der Waals surface area (Å²) in [5, 5.41) is 5.92. The van der Waals surface area contributed by atoms with E-state index in [1.807, 2.05) is 32.9 Å². The minimum absolute atomic E-state index is 0.144. The Morgan fingerprint density at radius 2 is 1.90 bits per heavy atom. The fourth-order valence-electron chi connectivity index (χ4n) is 3.51. The fraction of sp³-hybridized carbons (Fsp3) is 0.364. The molecule has 1 aliphatic heterocycles. The summed E-state index contributed by atoms with van der Waals surface area (Å²) in [6.07, 6.45) is 2.29. The molecule has 1 aliphatic rings. The maximum absolute atomic E-state index is 12.8. The van der Waals surface area contributed by atoms with Crippen molar-refractivity contribution in [2.75, 3.05) is 0 Å². The molecule has 8 heteroatoms. The normalized spacial score (nSPS) is 16.9. The molecule has 1 fully saturated rings. The lowest BCUT2D eigenvalue weighted by molar-refractivity contribution is -0.134. The van der Waals surface area contributed by atoms with Gasteiger partial charge in [0, 0.05) is 40.5 Å². The number of carbonyl (C=O) groups excluding carboxylic acids is 3. The van der Waals surface area contributed by atoms with Gasteiger partial charge in [-0.2, -0.15) is 0 Å². The van der Waals surface area contributed by atoms with Crippen molar-refractivity contribution in [1.82, 2.24) is 15.6 Å². The average Bonchev–Trinajstić information content (AvgIpc) is 2.67. The van der Waals surface area contributed by atoms with E-state index in [4.69, 9.17) is 23.2 Å². The first kappa shape index (κ1) is 22.2. The SMILES string of the molecule is Cc1cc(C(C)(C)C(=O)NCc2cc(Cl)c(C3CCC(=O)NC3=O)c(Cl)c2)ccn1. The van der Waals surface area contributed by atoms with E-state index in [1.54, 1.807) is 18.3 Å². The van der Waals surface area contributed by atoms with E-state index in [-0.39, 0.29) is 24.8 Å². The third kappa shape index (κ3) is 4.65. The number of piperidine rings is 1. The zero-order chi connectivity index (χ0) is 22.1. The zero-order valence-electron chi connectivity index (χ0n) is 17.0. The molecule has 0 aliphatic carbocycles. The third-order valence-corrected chi connectivity index (χ3v) is 5.99. The summed E-state index contributed by atoms with van der Waals surface area (Å²) in [7, 11) is 0. The van der Waals surface area contributed by atoms with Crippen LogP contribution < -0.4 is 10.6 Å². The van der Waals surface area contributed by atoms with Gasteiger partial charge in [-0.3, -0.25) is 24.7 Å². The van der Waals surface area contributed by atoms with Gasteiger partial charge < -0.3 is 5.32 Å². The fourth-order valence-corrected chi connectivity index (χ4v) is 4.31. The van der Waals surface area contributed by atoms with Crippen LogP contribution in [0.1, 0.15) is 55.0 Å². The number of nitrogens with one attached hydrogen (secondary N) is 2. The van der Waals surface area contributed by atoms with Crippen LogP contribution in [0.3, 0.4) is 0 Å². The second-order valence-electron chi connectivity index (χ2n) is 7.97. The smallest absolute Gasteiger partial charge is 0.234 e. The first-order valence-electron chi connectivity index (χ1n) is 9.62. The molecule has 1 saturated heterocycles. The van der Waals surface area contributed by atoms with Crippen LogP contribution in [0, 0.1) is 6.92 Å². The molecule has 1 aromatic carbocycles. The van der Waals surface area contributed by atoms with E-state index in [2.05, 4.69) is 15.6 Å². The highest BCUT2D eigenvalue weighted by atomic mass is 35.5. The van der Waals surface area contributed by atoms with Crippen LogP contribution in [0.5, 0.6) is 0 Å². The van der Waals surface area contributed by atoms with Crippen molar-refractivity contribution in [3.05, 3.63) is 62.9 Å². The topological polar surface area (TPSA) is 88.2 Å². The van der Waals surface area contributed by atoms with Crippen LogP contribution in [0.15, 0.2) is 30.5 Å². The van der Waals surface area contributed by atoms with Gasteiger partial charge in [0.05, 0.1) is 11.3 Å². The zero-order valence-corrected chi connectivity index (χ0v) is 18.5. The van der Waals surface area contributed by atoms with Crippen molar-refractivity contribution < 1.29 is 14.4 Å². The van der Waals surface area contributed by atoms with Gasteiger partial charge in [0.15, 0.2) is 0 Å². The quantitative estimate of drug-likeness (QED) is 0.681. The lowest BCUT2D eigenvalue weighted by Gasteiger charge is -2.25. The maximum Gasteiger partial charge on any atom is 0.234 e. The van der Waals surface area contributed by atoms with E-state index >= 15 is 0 Å². The van der Waals surface area contributed by atoms with Gasteiger partial charge in [-0.15, -0.1) is 0 Å². The minimum Gasteiger partial charge on any atom is -0.351 e. The first-order valence-corrected chi connectivity index (χ1v) is 10.4. The van der Waals surface area contributed by atoms with Gasteiger partial charge in [0.25, 0.3) is 0 Å².